The Morgan fingerprint density at radius 1 is 0.857 bits per heavy atom. The van der Waals surface area contributed by atoms with Crippen molar-refractivity contribution < 1.29 is 5.11 Å². The van der Waals surface area contributed by atoms with E-state index in [1.54, 1.807) is 12.1 Å². The van der Waals surface area contributed by atoms with Crippen LogP contribution in [0.15, 0.2) is 72.8 Å². The molecule has 4 rings (SSSR count). The smallest absolute Gasteiger partial charge is 0.165 e. The Kier molecular flexibility index (Phi) is 4.47. The van der Waals surface area contributed by atoms with Crippen molar-refractivity contribution >= 4 is 16.7 Å². The van der Waals surface area contributed by atoms with Gasteiger partial charge in [0.15, 0.2) is 5.82 Å². The number of hydrogen-bond acceptors (Lipinski definition) is 4. The highest BCUT2D eigenvalue weighted by Crippen LogP contribution is 2.33. The fourth-order valence-corrected chi connectivity index (χ4v) is 3.34. The van der Waals surface area contributed by atoms with Crippen LogP contribution in [0.3, 0.4) is 0 Å². The molecule has 0 atom stereocenters. The SMILES string of the molecule is Cc1ccc2c(NC(C)(C)c3ccccc3)nc(-c3ccccc3O)nc2c1. The van der Waals surface area contributed by atoms with Gasteiger partial charge in [-0.1, -0.05) is 48.5 Å². The second kappa shape index (κ2) is 6.97. The van der Waals surface area contributed by atoms with Crippen molar-refractivity contribution in [1.29, 1.82) is 0 Å². The predicted molar refractivity (Wildman–Crippen MR) is 114 cm³/mol. The summed E-state index contributed by atoms with van der Waals surface area (Å²) in [4.78, 5) is 9.51. The summed E-state index contributed by atoms with van der Waals surface area (Å²) in [6.45, 7) is 6.30. The predicted octanol–water partition coefficient (Wildman–Crippen LogP) is 5.66. The largest absolute Gasteiger partial charge is 0.507 e. The molecular weight excluding hydrogens is 346 g/mol. The van der Waals surface area contributed by atoms with E-state index in [-0.39, 0.29) is 11.3 Å². The summed E-state index contributed by atoms with van der Waals surface area (Å²) in [6.07, 6.45) is 0. The molecule has 0 saturated heterocycles. The molecule has 0 fully saturated rings. The lowest BCUT2D eigenvalue weighted by Gasteiger charge is -2.28. The van der Waals surface area contributed by atoms with Gasteiger partial charge < -0.3 is 10.4 Å². The quantitative estimate of drug-likeness (QED) is 0.487. The maximum absolute atomic E-state index is 10.3. The van der Waals surface area contributed by atoms with Crippen molar-refractivity contribution in [3.8, 4) is 17.1 Å². The average Bonchev–Trinajstić information content (AvgIpc) is 2.68. The van der Waals surface area contributed by atoms with Crippen molar-refractivity contribution in [3.63, 3.8) is 0 Å². The molecule has 0 aliphatic rings. The summed E-state index contributed by atoms with van der Waals surface area (Å²) in [7, 11) is 0. The standard InChI is InChI=1S/C24H23N3O/c1-16-13-14-18-20(15-16)25-22(19-11-7-8-12-21(19)28)26-23(18)27-24(2,3)17-9-5-4-6-10-17/h4-15,28H,1-3H3,(H,25,26,27). The summed E-state index contributed by atoms with van der Waals surface area (Å²) in [5, 5.41) is 14.8. The number of nitrogens with one attached hydrogen (secondary N) is 1. The summed E-state index contributed by atoms with van der Waals surface area (Å²) in [5.41, 5.74) is 3.43. The molecule has 140 valence electrons. The summed E-state index contributed by atoms with van der Waals surface area (Å²) in [5.74, 6) is 1.42. The molecule has 0 aliphatic carbocycles. The van der Waals surface area contributed by atoms with Crippen LogP contribution in [0.4, 0.5) is 5.82 Å². The number of para-hydroxylation sites is 1. The van der Waals surface area contributed by atoms with Crippen LogP contribution in [-0.4, -0.2) is 15.1 Å². The minimum atomic E-state index is -0.330. The molecule has 0 spiro atoms. The molecule has 28 heavy (non-hydrogen) atoms. The van der Waals surface area contributed by atoms with Gasteiger partial charge in [0.25, 0.3) is 0 Å². The molecule has 0 unspecified atom stereocenters. The van der Waals surface area contributed by atoms with Crippen molar-refractivity contribution in [1.82, 2.24) is 9.97 Å². The van der Waals surface area contributed by atoms with Crippen LogP contribution >= 0.6 is 0 Å². The highest BCUT2D eigenvalue weighted by Gasteiger charge is 2.22. The van der Waals surface area contributed by atoms with Gasteiger partial charge in [-0.05, 0) is 56.2 Å². The number of rotatable bonds is 4. The molecule has 4 aromatic rings. The minimum absolute atomic E-state index is 0.169. The third-order valence-corrected chi connectivity index (χ3v) is 4.92. The fourth-order valence-electron chi connectivity index (χ4n) is 3.34. The van der Waals surface area contributed by atoms with Crippen LogP contribution in [0, 0.1) is 6.92 Å². The van der Waals surface area contributed by atoms with Gasteiger partial charge in [0.1, 0.15) is 11.6 Å². The second-order valence-corrected chi connectivity index (χ2v) is 7.55. The van der Waals surface area contributed by atoms with E-state index in [0.717, 1.165) is 27.8 Å². The number of aryl methyl sites for hydroxylation is 1. The number of hydrogen-bond donors (Lipinski definition) is 2. The van der Waals surface area contributed by atoms with E-state index in [4.69, 9.17) is 9.97 Å². The first-order chi connectivity index (χ1) is 13.4. The summed E-state index contributed by atoms with van der Waals surface area (Å²) in [6, 6.07) is 23.6. The molecule has 0 amide bonds. The number of aromatic nitrogens is 2. The zero-order valence-corrected chi connectivity index (χ0v) is 16.3. The number of aromatic hydroxyl groups is 1. The number of phenolic OH excluding ortho intramolecular Hbond substituents is 1. The molecule has 4 heteroatoms. The minimum Gasteiger partial charge on any atom is -0.507 e. The van der Waals surface area contributed by atoms with Gasteiger partial charge in [0, 0.05) is 5.39 Å². The van der Waals surface area contributed by atoms with Crippen LogP contribution in [-0.2, 0) is 5.54 Å². The first kappa shape index (κ1) is 18.0. The van der Waals surface area contributed by atoms with Crippen LogP contribution in [0.25, 0.3) is 22.3 Å². The highest BCUT2D eigenvalue weighted by molar-refractivity contribution is 5.91. The number of fused-ring (bicyclic) bond motifs is 1. The number of anilines is 1. The van der Waals surface area contributed by atoms with E-state index in [1.165, 1.54) is 0 Å². The van der Waals surface area contributed by atoms with Gasteiger partial charge in [-0.2, -0.15) is 0 Å². The normalized spacial score (nSPS) is 11.5. The fraction of sp³-hybridized carbons (Fsp3) is 0.167. The lowest BCUT2D eigenvalue weighted by molar-refractivity contribution is 0.477. The molecule has 2 N–H and O–H groups in total. The van der Waals surface area contributed by atoms with Crippen molar-refractivity contribution in [2.75, 3.05) is 5.32 Å². The monoisotopic (exact) mass is 369 g/mol. The van der Waals surface area contributed by atoms with E-state index < -0.39 is 0 Å². The average molecular weight is 369 g/mol. The van der Waals surface area contributed by atoms with Gasteiger partial charge >= 0.3 is 0 Å². The van der Waals surface area contributed by atoms with E-state index in [1.807, 2.05) is 49.4 Å². The van der Waals surface area contributed by atoms with E-state index >= 15 is 0 Å². The zero-order chi connectivity index (χ0) is 19.7. The Bertz CT molecular complexity index is 1140. The van der Waals surface area contributed by atoms with Gasteiger partial charge in [-0.25, -0.2) is 9.97 Å². The van der Waals surface area contributed by atoms with E-state index in [2.05, 4.69) is 37.4 Å². The Labute approximate surface area is 164 Å². The first-order valence-corrected chi connectivity index (χ1v) is 9.34. The van der Waals surface area contributed by atoms with Crippen molar-refractivity contribution in [2.45, 2.75) is 26.3 Å². The Morgan fingerprint density at radius 3 is 2.32 bits per heavy atom. The molecule has 4 nitrogen and oxygen atoms in total. The molecule has 0 radical (unpaired) electrons. The van der Waals surface area contributed by atoms with E-state index in [0.29, 0.717) is 11.4 Å². The Morgan fingerprint density at radius 2 is 1.57 bits per heavy atom. The molecule has 1 heterocycles. The topological polar surface area (TPSA) is 58.0 Å². The summed E-state index contributed by atoms with van der Waals surface area (Å²) < 4.78 is 0. The van der Waals surface area contributed by atoms with Crippen molar-refractivity contribution in [2.24, 2.45) is 0 Å². The highest BCUT2D eigenvalue weighted by atomic mass is 16.3. The van der Waals surface area contributed by atoms with Gasteiger partial charge in [0.05, 0.1) is 16.6 Å². The number of phenols is 1. The van der Waals surface area contributed by atoms with Gasteiger partial charge in [0.2, 0.25) is 0 Å². The lowest BCUT2D eigenvalue weighted by atomic mass is 9.94. The second-order valence-electron chi connectivity index (χ2n) is 7.55. The van der Waals surface area contributed by atoms with Gasteiger partial charge in [-0.15, -0.1) is 0 Å². The van der Waals surface area contributed by atoms with Crippen LogP contribution in [0.5, 0.6) is 5.75 Å². The summed E-state index contributed by atoms with van der Waals surface area (Å²) >= 11 is 0. The van der Waals surface area contributed by atoms with Crippen molar-refractivity contribution in [3.05, 3.63) is 83.9 Å². The molecule has 0 saturated carbocycles. The maximum Gasteiger partial charge on any atom is 0.165 e. The molecule has 1 aromatic heterocycles. The maximum atomic E-state index is 10.3. The third-order valence-electron chi connectivity index (χ3n) is 4.92. The van der Waals surface area contributed by atoms with Crippen LogP contribution < -0.4 is 5.32 Å². The third kappa shape index (κ3) is 3.41. The molecule has 3 aromatic carbocycles. The lowest BCUT2D eigenvalue weighted by Crippen LogP contribution is -2.28. The number of nitrogens with zero attached hydrogens (tertiary/aromatic N) is 2. The van der Waals surface area contributed by atoms with E-state index in [9.17, 15) is 5.11 Å². The van der Waals surface area contributed by atoms with Gasteiger partial charge in [-0.3, -0.25) is 0 Å². The molecule has 0 bridgehead atoms. The molecule has 0 aliphatic heterocycles. The zero-order valence-electron chi connectivity index (χ0n) is 16.3. The first-order valence-electron chi connectivity index (χ1n) is 9.34. The van der Waals surface area contributed by atoms with Crippen LogP contribution in [0.2, 0.25) is 0 Å². The Balaban J connectivity index is 1.88. The van der Waals surface area contributed by atoms with Crippen LogP contribution in [0.1, 0.15) is 25.0 Å². The number of benzene rings is 3. The molecular formula is C24H23N3O. The Hall–Kier alpha value is -3.40.